The van der Waals surface area contributed by atoms with E-state index in [4.69, 9.17) is 21.1 Å². The van der Waals surface area contributed by atoms with Crippen LogP contribution >= 0.6 is 22.9 Å². The number of fused-ring (bicyclic) bond motifs is 1. The van der Waals surface area contributed by atoms with Crippen molar-refractivity contribution in [3.8, 4) is 16.9 Å². The number of carbonyl (C=O) groups is 1. The highest BCUT2D eigenvalue weighted by molar-refractivity contribution is 7.22. The number of rotatable bonds is 5. The number of pyridine rings is 3. The third kappa shape index (κ3) is 4.52. The SMILES string of the molecule is COc1cnc(Cl)cc1-c1cc(C)ncc1C(=O)Nc1nc2ncc(N3CCOCC3)cc2s1. The van der Waals surface area contributed by atoms with Crippen molar-refractivity contribution in [1.82, 2.24) is 19.9 Å². The van der Waals surface area contributed by atoms with Gasteiger partial charge in [-0.05, 0) is 25.1 Å². The van der Waals surface area contributed by atoms with Gasteiger partial charge < -0.3 is 14.4 Å². The molecular formula is C23H21ClN6O3S. The summed E-state index contributed by atoms with van der Waals surface area (Å²) in [6.07, 6.45) is 4.87. The first-order valence-electron chi connectivity index (χ1n) is 10.6. The maximum absolute atomic E-state index is 13.3. The van der Waals surface area contributed by atoms with Crippen molar-refractivity contribution in [1.29, 1.82) is 0 Å². The maximum atomic E-state index is 13.3. The Hall–Kier alpha value is -3.34. The first-order valence-corrected chi connectivity index (χ1v) is 11.8. The van der Waals surface area contributed by atoms with Gasteiger partial charge in [0.2, 0.25) is 0 Å². The van der Waals surface area contributed by atoms with Crippen molar-refractivity contribution >= 4 is 50.0 Å². The molecule has 34 heavy (non-hydrogen) atoms. The van der Waals surface area contributed by atoms with Crippen LogP contribution in [-0.4, -0.2) is 59.3 Å². The zero-order chi connectivity index (χ0) is 23.7. The van der Waals surface area contributed by atoms with E-state index < -0.39 is 0 Å². The van der Waals surface area contributed by atoms with Gasteiger partial charge in [0, 0.05) is 36.1 Å². The zero-order valence-corrected chi connectivity index (χ0v) is 20.1. The second kappa shape index (κ2) is 9.49. The molecule has 1 aliphatic heterocycles. The van der Waals surface area contributed by atoms with E-state index in [0.29, 0.717) is 51.6 Å². The number of hydrogen-bond acceptors (Lipinski definition) is 9. The van der Waals surface area contributed by atoms with Gasteiger partial charge in [-0.2, -0.15) is 4.98 Å². The molecule has 9 nitrogen and oxygen atoms in total. The fraction of sp³-hybridized carbons (Fsp3) is 0.261. The Morgan fingerprint density at radius 1 is 1.12 bits per heavy atom. The van der Waals surface area contributed by atoms with Gasteiger partial charge >= 0.3 is 0 Å². The minimum absolute atomic E-state index is 0.296. The van der Waals surface area contributed by atoms with E-state index in [2.05, 4.69) is 30.2 Å². The summed E-state index contributed by atoms with van der Waals surface area (Å²) in [5.74, 6) is 0.161. The number of hydrogen-bond donors (Lipinski definition) is 1. The average molecular weight is 497 g/mol. The second-order valence-corrected chi connectivity index (χ2v) is 9.08. The summed E-state index contributed by atoms with van der Waals surface area (Å²) >= 11 is 7.50. The normalized spacial score (nSPS) is 13.8. The van der Waals surface area contributed by atoms with E-state index in [1.165, 1.54) is 23.7 Å². The Balaban J connectivity index is 1.45. The molecule has 0 saturated carbocycles. The molecule has 0 radical (unpaired) electrons. The monoisotopic (exact) mass is 496 g/mol. The minimum atomic E-state index is -0.343. The quantitative estimate of drug-likeness (QED) is 0.410. The highest BCUT2D eigenvalue weighted by atomic mass is 35.5. The van der Waals surface area contributed by atoms with E-state index in [0.717, 1.165) is 29.2 Å². The van der Waals surface area contributed by atoms with Crippen molar-refractivity contribution < 1.29 is 14.3 Å². The fourth-order valence-electron chi connectivity index (χ4n) is 3.78. The molecule has 1 aliphatic rings. The van der Waals surface area contributed by atoms with Crippen LogP contribution in [0, 0.1) is 6.92 Å². The molecule has 174 valence electrons. The Morgan fingerprint density at radius 2 is 1.94 bits per heavy atom. The van der Waals surface area contributed by atoms with Gasteiger partial charge in [-0.15, -0.1) is 0 Å². The summed E-state index contributed by atoms with van der Waals surface area (Å²) in [7, 11) is 1.54. The minimum Gasteiger partial charge on any atom is -0.494 e. The van der Waals surface area contributed by atoms with Crippen LogP contribution in [0.5, 0.6) is 5.75 Å². The van der Waals surface area contributed by atoms with Gasteiger partial charge in [-0.3, -0.25) is 15.1 Å². The highest BCUT2D eigenvalue weighted by Gasteiger charge is 2.20. The van der Waals surface area contributed by atoms with Crippen LogP contribution in [0.1, 0.15) is 16.1 Å². The molecule has 0 aliphatic carbocycles. The third-order valence-electron chi connectivity index (χ3n) is 5.46. The summed E-state index contributed by atoms with van der Waals surface area (Å²) in [5.41, 5.74) is 4.01. The Morgan fingerprint density at radius 3 is 2.74 bits per heavy atom. The van der Waals surface area contributed by atoms with Gasteiger partial charge in [-0.25, -0.2) is 9.97 Å². The first-order chi connectivity index (χ1) is 16.5. The molecule has 0 unspecified atom stereocenters. The largest absolute Gasteiger partial charge is 0.494 e. The van der Waals surface area contributed by atoms with Gasteiger partial charge in [0.15, 0.2) is 10.8 Å². The number of nitrogens with one attached hydrogen (secondary N) is 1. The van der Waals surface area contributed by atoms with E-state index in [9.17, 15) is 4.79 Å². The number of aryl methyl sites for hydroxylation is 1. The van der Waals surface area contributed by atoms with Crippen molar-refractivity contribution in [2.75, 3.05) is 43.6 Å². The lowest BCUT2D eigenvalue weighted by Gasteiger charge is -2.28. The van der Waals surface area contributed by atoms with Crippen LogP contribution in [0.3, 0.4) is 0 Å². The smallest absolute Gasteiger partial charge is 0.259 e. The second-order valence-electron chi connectivity index (χ2n) is 7.67. The number of aromatic nitrogens is 4. The number of nitrogens with zero attached hydrogens (tertiary/aromatic N) is 5. The highest BCUT2D eigenvalue weighted by Crippen LogP contribution is 2.35. The Bertz CT molecular complexity index is 1370. The summed E-state index contributed by atoms with van der Waals surface area (Å²) < 4.78 is 11.8. The lowest BCUT2D eigenvalue weighted by Crippen LogP contribution is -2.36. The Kier molecular flexibility index (Phi) is 6.27. The molecular weight excluding hydrogens is 476 g/mol. The van der Waals surface area contributed by atoms with Crippen molar-refractivity contribution in [3.63, 3.8) is 0 Å². The molecule has 5 heterocycles. The lowest BCUT2D eigenvalue weighted by molar-refractivity contribution is 0.102. The number of anilines is 2. The molecule has 1 N–H and O–H groups in total. The molecule has 4 aromatic rings. The maximum Gasteiger partial charge on any atom is 0.259 e. The van der Waals surface area contributed by atoms with Gasteiger partial charge in [0.05, 0.1) is 48.7 Å². The summed E-state index contributed by atoms with van der Waals surface area (Å²) in [6, 6.07) is 5.53. The molecule has 0 spiro atoms. The van der Waals surface area contributed by atoms with Crippen LogP contribution in [-0.2, 0) is 4.74 Å². The fourth-order valence-corrected chi connectivity index (χ4v) is 4.79. The van der Waals surface area contributed by atoms with Crippen molar-refractivity contribution in [2.24, 2.45) is 0 Å². The van der Waals surface area contributed by atoms with Crippen LogP contribution in [0.4, 0.5) is 10.8 Å². The predicted octanol–water partition coefficient (Wildman–Crippen LogP) is 4.21. The molecule has 1 amide bonds. The van der Waals surface area contributed by atoms with Crippen LogP contribution in [0.25, 0.3) is 21.5 Å². The molecule has 0 bridgehead atoms. The van der Waals surface area contributed by atoms with Crippen LogP contribution in [0.2, 0.25) is 5.15 Å². The summed E-state index contributed by atoms with van der Waals surface area (Å²) in [5, 5.41) is 3.65. The van der Waals surface area contributed by atoms with E-state index in [-0.39, 0.29) is 5.91 Å². The Labute approximate surface area is 204 Å². The molecule has 0 atom stereocenters. The van der Waals surface area contributed by atoms with Crippen molar-refractivity contribution in [2.45, 2.75) is 6.92 Å². The van der Waals surface area contributed by atoms with Gasteiger partial charge in [0.1, 0.15) is 10.9 Å². The summed E-state index contributed by atoms with van der Waals surface area (Å²) in [4.78, 5) is 32.9. The number of ether oxygens (including phenoxy) is 2. The predicted molar refractivity (Wildman–Crippen MR) is 132 cm³/mol. The van der Waals surface area contributed by atoms with Crippen LogP contribution < -0.4 is 15.0 Å². The number of thiazole rings is 1. The molecule has 4 aromatic heterocycles. The third-order valence-corrected chi connectivity index (χ3v) is 6.57. The first kappa shape index (κ1) is 22.5. The average Bonchev–Trinajstić information content (AvgIpc) is 3.25. The topological polar surface area (TPSA) is 102 Å². The van der Waals surface area contributed by atoms with Crippen molar-refractivity contribution in [3.05, 3.63) is 53.2 Å². The number of halogens is 1. The summed E-state index contributed by atoms with van der Waals surface area (Å²) in [6.45, 7) is 4.89. The van der Waals surface area contributed by atoms with E-state index >= 15 is 0 Å². The van der Waals surface area contributed by atoms with E-state index in [1.807, 2.05) is 19.1 Å². The number of methoxy groups -OCH3 is 1. The molecule has 1 fully saturated rings. The molecule has 0 aromatic carbocycles. The lowest BCUT2D eigenvalue weighted by atomic mass is 10.0. The van der Waals surface area contributed by atoms with E-state index in [1.54, 1.807) is 19.4 Å². The van der Waals surface area contributed by atoms with Crippen LogP contribution in [0.15, 0.2) is 36.8 Å². The number of carbonyl (C=O) groups excluding carboxylic acids is 1. The number of amides is 1. The van der Waals surface area contributed by atoms with Gasteiger partial charge in [-0.1, -0.05) is 22.9 Å². The molecule has 1 saturated heterocycles. The number of morpholine rings is 1. The molecule has 5 rings (SSSR count). The molecule has 11 heteroatoms. The zero-order valence-electron chi connectivity index (χ0n) is 18.5. The van der Waals surface area contributed by atoms with Gasteiger partial charge in [0.25, 0.3) is 5.91 Å². The standard InChI is InChI=1S/C23H21ClN6O3S/c1-13-7-15(16-9-20(24)26-12-18(16)32-2)17(11-25-13)22(31)29-23-28-21-19(34-23)8-14(10-27-21)30-3-5-33-6-4-30/h7-12H,3-6H2,1-2H3,(H,27,28,29,31).